The maximum Gasteiger partial charge on any atom is 0.276 e. The van der Waals surface area contributed by atoms with Gasteiger partial charge in [-0.2, -0.15) is 0 Å². The zero-order valence-electron chi connectivity index (χ0n) is 12.3. The molecule has 0 saturated heterocycles. The molecule has 0 aliphatic carbocycles. The first-order chi connectivity index (χ1) is 10.5. The summed E-state index contributed by atoms with van der Waals surface area (Å²) in [6, 6.07) is 9.58. The number of nitro groups is 1. The van der Waals surface area contributed by atoms with E-state index in [1.807, 2.05) is 13.0 Å². The van der Waals surface area contributed by atoms with Gasteiger partial charge < -0.3 is 9.73 Å². The average Bonchev–Trinajstić information content (AvgIpc) is 2.92. The van der Waals surface area contributed by atoms with Crippen LogP contribution in [-0.2, 0) is 4.79 Å². The van der Waals surface area contributed by atoms with E-state index in [1.165, 1.54) is 18.2 Å². The number of amides is 1. The molecule has 22 heavy (non-hydrogen) atoms. The molecule has 0 spiro atoms. The highest BCUT2D eigenvalue weighted by Gasteiger charge is 2.12. The standard InChI is InChI=1S/C16H16N2O4/c1-11-7-9-15(22-11)12(2)17-16(19)10-8-13-5-3-4-6-14(13)18(20)21/h3-10,12H,1-2H3,(H,17,19)/b10-8+. The summed E-state index contributed by atoms with van der Waals surface area (Å²) in [6.07, 6.45) is 2.70. The summed E-state index contributed by atoms with van der Waals surface area (Å²) in [5, 5.41) is 13.6. The lowest BCUT2D eigenvalue weighted by Crippen LogP contribution is -2.24. The summed E-state index contributed by atoms with van der Waals surface area (Å²) in [6.45, 7) is 3.63. The Bertz CT molecular complexity index is 718. The number of furan rings is 1. The van der Waals surface area contributed by atoms with Crippen LogP contribution in [0.1, 0.15) is 30.0 Å². The van der Waals surface area contributed by atoms with E-state index in [-0.39, 0.29) is 17.6 Å². The number of para-hydroxylation sites is 1. The topological polar surface area (TPSA) is 85.4 Å². The summed E-state index contributed by atoms with van der Waals surface area (Å²) in [5.74, 6) is 1.08. The molecular weight excluding hydrogens is 284 g/mol. The monoisotopic (exact) mass is 300 g/mol. The van der Waals surface area contributed by atoms with Gasteiger partial charge in [-0.3, -0.25) is 14.9 Å². The van der Waals surface area contributed by atoms with Gasteiger partial charge in [0, 0.05) is 12.1 Å². The molecule has 6 heteroatoms. The summed E-state index contributed by atoms with van der Waals surface area (Å²) < 4.78 is 5.43. The normalized spacial score (nSPS) is 12.3. The van der Waals surface area contributed by atoms with Crippen LogP contribution < -0.4 is 5.32 Å². The zero-order valence-corrected chi connectivity index (χ0v) is 12.3. The molecule has 2 aromatic rings. The van der Waals surface area contributed by atoms with Gasteiger partial charge in [0.2, 0.25) is 5.91 Å². The molecule has 1 N–H and O–H groups in total. The van der Waals surface area contributed by atoms with E-state index >= 15 is 0 Å². The number of hydrogen-bond acceptors (Lipinski definition) is 4. The van der Waals surface area contributed by atoms with Crippen molar-refractivity contribution < 1.29 is 14.1 Å². The molecule has 114 valence electrons. The van der Waals surface area contributed by atoms with Crippen LogP contribution >= 0.6 is 0 Å². The molecule has 0 bridgehead atoms. The van der Waals surface area contributed by atoms with E-state index in [1.54, 1.807) is 31.2 Å². The van der Waals surface area contributed by atoms with Gasteiger partial charge in [0.15, 0.2) is 0 Å². The van der Waals surface area contributed by atoms with Gasteiger partial charge in [0.1, 0.15) is 11.5 Å². The Kier molecular flexibility index (Phi) is 4.73. The van der Waals surface area contributed by atoms with Crippen molar-refractivity contribution in [1.82, 2.24) is 5.32 Å². The largest absolute Gasteiger partial charge is 0.464 e. The fourth-order valence-corrected chi connectivity index (χ4v) is 1.98. The molecule has 0 radical (unpaired) electrons. The average molecular weight is 300 g/mol. The summed E-state index contributed by atoms with van der Waals surface area (Å²) in [7, 11) is 0. The first kappa shape index (κ1) is 15.5. The number of rotatable bonds is 5. The Morgan fingerprint density at radius 1 is 1.32 bits per heavy atom. The van der Waals surface area contributed by atoms with Gasteiger partial charge >= 0.3 is 0 Å². The SMILES string of the molecule is Cc1ccc(C(C)NC(=O)/C=C/c2ccccc2[N+](=O)[O-])o1. The number of nitrogens with zero attached hydrogens (tertiary/aromatic N) is 1. The van der Waals surface area contributed by atoms with E-state index in [0.717, 1.165) is 5.76 Å². The summed E-state index contributed by atoms with van der Waals surface area (Å²) in [4.78, 5) is 22.3. The minimum atomic E-state index is -0.480. The van der Waals surface area contributed by atoms with Crippen LogP contribution in [-0.4, -0.2) is 10.8 Å². The first-order valence-electron chi connectivity index (χ1n) is 6.75. The Morgan fingerprint density at radius 3 is 2.68 bits per heavy atom. The Morgan fingerprint density at radius 2 is 2.05 bits per heavy atom. The predicted molar refractivity (Wildman–Crippen MR) is 82.1 cm³/mol. The van der Waals surface area contributed by atoms with Gasteiger partial charge in [-0.25, -0.2) is 0 Å². The molecule has 1 aromatic heterocycles. The third kappa shape index (κ3) is 3.82. The lowest BCUT2D eigenvalue weighted by molar-refractivity contribution is -0.385. The zero-order chi connectivity index (χ0) is 16.1. The maximum absolute atomic E-state index is 11.9. The van der Waals surface area contributed by atoms with E-state index < -0.39 is 4.92 Å². The fourth-order valence-electron chi connectivity index (χ4n) is 1.98. The van der Waals surface area contributed by atoms with Crippen molar-refractivity contribution in [2.75, 3.05) is 0 Å². The highest BCUT2D eigenvalue weighted by atomic mass is 16.6. The van der Waals surface area contributed by atoms with Gasteiger partial charge in [-0.15, -0.1) is 0 Å². The van der Waals surface area contributed by atoms with E-state index in [0.29, 0.717) is 11.3 Å². The highest BCUT2D eigenvalue weighted by Crippen LogP contribution is 2.19. The number of carbonyl (C=O) groups is 1. The van der Waals surface area contributed by atoms with Crippen LogP contribution in [0.2, 0.25) is 0 Å². The molecule has 0 aliphatic rings. The van der Waals surface area contributed by atoms with Crippen LogP contribution in [0.25, 0.3) is 6.08 Å². The molecule has 6 nitrogen and oxygen atoms in total. The van der Waals surface area contributed by atoms with Crippen molar-refractivity contribution in [3.63, 3.8) is 0 Å². The molecule has 0 fully saturated rings. The smallest absolute Gasteiger partial charge is 0.276 e. The number of hydrogen-bond donors (Lipinski definition) is 1. The van der Waals surface area contributed by atoms with Crippen molar-refractivity contribution in [1.29, 1.82) is 0 Å². The number of aryl methyl sites for hydroxylation is 1. The quantitative estimate of drug-likeness (QED) is 0.521. The Balaban J connectivity index is 2.04. The lowest BCUT2D eigenvalue weighted by Gasteiger charge is -2.09. The fraction of sp³-hybridized carbons (Fsp3) is 0.188. The molecule has 1 atom stereocenters. The molecule has 1 heterocycles. The number of benzene rings is 1. The molecular formula is C16H16N2O4. The Hall–Kier alpha value is -2.89. The van der Waals surface area contributed by atoms with Crippen molar-refractivity contribution >= 4 is 17.7 Å². The summed E-state index contributed by atoms with van der Waals surface area (Å²) in [5.41, 5.74) is 0.338. The number of nitro benzene ring substituents is 1. The third-order valence-corrected chi connectivity index (χ3v) is 3.09. The van der Waals surface area contributed by atoms with Crippen molar-refractivity contribution in [3.05, 3.63) is 69.7 Å². The Labute approximate surface area is 127 Å². The minimum Gasteiger partial charge on any atom is -0.464 e. The second kappa shape index (κ2) is 6.71. The van der Waals surface area contributed by atoms with Crippen molar-refractivity contribution in [2.45, 2.75) is 19.9 Å². The van der Waals surface area contributed by atoms with Crippen LogP contribution in [0.15, 0.2) is 46.9 Å². The first-order valence-corrected chi connectivity index (χ1v) is 6.75. The molecule has 0 saturated carbocycles. The van der Waals surface area contributed by atoms with Crippen LogP contribution in [0, 0.1) is 17.0 Å². The van der Waals surface area contributed by atoms with Gasteiger partial charge in [-0.05, 0) is 38.1 Å². The van der Waals surface area contributed by atoms with Crippen LogP contribution in [0.4, 0.5) is 5.69 Å². The lowest BCUT2D eigenvalue weighted by atomic mass is 10.1. The second-order valence-electron chi connectivity index (χ2n) is 4.83. The predicted octanol–water partition coefficient (Wildman–Crippen LogP) is 3.39. The van der Waals surface area contributed by atoms with Gasteiger partial charge in [-0.1, -0.05) is 12.1 Å². The number of nitrogens with one attached hydrogen (secondary N) is 1. The van der Waals surface area contributed by atoms with Gasteiger partial charge in [0.25, 0.3) is 5.69 Å². The highest BCUT2D eigenvalue weighted by molar-refractivity contribution is 5.92. The van der Waals surface area contributed by atoms with E-state index in [2.05, 4.69) is 5.32 Å². The molecule has 2 rings (SSSR count). The molecule has 1 amide bonds. The second-order valence-corrected chi connectivity index (χ2v) is 4.83. The minimum absolute atomic E-state index is 0.0405. The molecule has 1 unspecified atom stereocenters. The number of carbonyl (C=O) groups excluding carboxylic acids is 1. The van der Waals surface area contributed by atoms with Crippen LogP contribution in [0.3, 0.4) is 0 Å². The van der Waals surface area contributed by atoms with E-state index in [9.17, 15) is 14.9 Å². The van der Waals surface area contributed by atoms with E-state index in [4.69, 9.17) is 4.42 Å². The summed E-state index contributed by atoms with van der Waals surface area (Å²) >= 11 is 0. The van der Waals surface area contributed by atoms with Crippen molar-refractivity contribution in [3.8, 4) is 0 Å². The third-order valence-electron chi connectivity index (χ3n) is 3.09. The molecule has 1 aromatic carbocycles. The molecule has 0 aliphatic heterocycles. The maximum atomic E-state index is 11.9. The van der Waals surface area contributed by atoms with Crippen LogP contribution in [0.5, 0.6) is 0 Å². The van der Waals surface area contributed by atoms with Gasteiger partial charge in [0.05, 0.1) is 16.5 Å². The van der Waals surface area contributed by atoms with Crippen molar-refractivity contribution in [2.24, 2.45) is 0 Å².